The highest BCUT2D eigenvalue weighted by Gasteiger charge is 2.21. The van der Waals surface area contributed by atoms with Gasteiger partial charge in [0.1, 0.15) is 0 Å². The molecule has 0 aliphatic heterocycles. The topological polar surface area (TPSA) is 61.9 Å². The minimum absolute atomic E-state index is 0.0110. The number of aromatic nitrogens is 3. The number of hydrogen-bond donors (Lipinski definition) is 1. The smallest absolute Gasteiger partial charge is 0.254 e. The van der Waals surface area contributed by atoms with Crippen LogP contribution in [0.3, 0.4) is 0 Å². The number of amides is 1. The summed E-state index contributed by atoms with van der Waals surface area (Å²) in [6.07, 6.45) is 4.53. The minimum Gasteiger partial charge on any atom is -0.336 e. The monoisotopic (exact) mass is 348 g/mol. The van der Waals surface area contributed by atoms with E-state index in [1.807, 2.05) is 45.2 Å². The lowest BCUT2D eigenvalue weighted by Crippen LogP contribution is -2.27. The third kappa shape index (κ3) is 2.98. The fourth-order valence-electron chi connectivity index (χ4n) is 3.83. The summed E-state index contributed by atoms with van der Waals surface area (Å²) in [6, 6.07) is 7.94. The number of hydrogen-bond acceptors (Lipinski definition) is 3. The number of aromatic amines is 1. The molecule has 4 rings (SSSR count). The van der Waals surface area contributed by atoms with Gasteiger partial charge in [-0.2, -0.15) is 5.10 Å². The number of carbonyl (C=O) groups excluding carboxylic acids is 1. The molecule has 5 nitrogen and oxygen atoms in total. The average Bonchev–Trinajstić information content (AvgIpc) is 3.03. The second-order valence-electron chi connectivity index (χ2n) is 7.33. The van der Waals surface area contributed by atoms with Crippen LogP contribution in [0, 0.1) is 13.8 Å². The van der Waals surface area contributed by atoms with Crippen LogP contribution in [0.15, 0.2) is 24.3 Å². The maximum atomic E-state index is 13.2. The number of rotatable bonds is 3. The molecule has 26 heavy (non-hydrogen) atoms. The van der Waals surface area contributed by atoms with E-state index in [1.54, 1.807) is 4.90 Å². The van der Waals surface area contributed by atoms with Crippen molar-refractivity contribution in [1.29, 1.82) is 0 Å². The molecule has 0 radical (unpaired) electrons. The number of fused-ring (bicyclic) bond motifs is 2. The zero-order valence-corrected chi connectivity index (χ0v) is 15.6. The third-order valence-corrected chi connectivity index (χ3v) is 5.20. The van der Waals surface area contributed by atoms with Crippen LogP contribution < -0.4 is 0 Å². The van der Waals surface area contributed by atoms with Crippen molar-refractivity contribution in [2.45, 2.75) is 46.1 Å². The van der Waals surface area contributed by atoms with Gasteiger partial charge in [0.2, 0.25) is 0 Å². The van der Waals surface area contributed by atoms with Gasteiger partial charge in [0.15, 0.2) is 0 Å². The van der Waals surface area contributed by atoms with Crippen LogP contribution in [0.25, 0.3) is 10.9 Å². The number of aryl methyl sites for hydroxylation is 3. The number of carbonyl (C=O) groups is 1. The highest BCUT2D eigenvalue weighted by atomic mass is 16.2. The second-order valence-corrected chi connectivity index (χ2v) is 7.33. The van der Waals surface area contributed by atoms with Crippen LogP contribution in [0.2, 0.25) is 0 Å². The molecular weight excluding hydrogens is 324 g/mol. The molecule has 134 valence electrons. The van der Waals surface area contributed by atoms with Crippen molar-refractivity contribution in [3.8, 4) is 0 Å². The molecule has 1 amide bonds. The predicted octanol–water partition coefficient (Wildman–Crippen LogP) is 3.73. The first kappa shape index (κ1) is 16.8. The Morgan fingerprint density at radius 3 is 2.85 bits per heavy atom. The molecule has 0 unspecified atom stereocenters. The fourth-order valence-corrected chi connectivity index (χ4v) is 3.83. The highest BCUT2D eigenvalue weighted by Crippen LogP contribution is 2.25. The molecule has 0 saturated carbocycles. The molecular formula is C21H24N4O. The largest absolute Gasteiger partial charge is 0.336 e. The van der Waals surface area contributed by atoms with E-state index in [-0.39, 0.29) is 5.91 Å². The standard InChI is InChI=1S/C21H24N4O/c1-13-8-9-15-17(11-14(2)22-19(15)10-13)21(26)25(3)12-20-16-6-4-5-7-18(16)23-24-20/h8-11H,4-7,12H2,1-3H3,(H,23,24). The normalized spacial score (nSPS) is 13.7. The van der Waals surface area contributed by atoms with Crippen molar-refractivity contribution in [3.63, 3.8) is 0 Å². The van der Waals surface area contributed by atoms with E-state index in [0.29, 0.717) is 12.1 Å². The number of pyridine rings is 1. The lowest BCUT2D eigenvalue weighted by atomic mass is 9.96. The lowest BCUT2D eigenvalue weighted by Gasteiger charge is -2.19. The van der Waals surface area contributed by atoms with Gasteiger partial charge in [0, 0.05) is 23.8 Å². The molecule has 1 aliphatic carbocycles. The Balaban J connectivity index is 1.65. The Morgan fingerprint density at radius 2 is 2.00 bits per heavy atom. The maximum absolute atomic E-state index is 13.2. The molecule has 0 saturated heterocycles. The van der Waals surface area contributed by atoms with Crippen molar-refractivity contribution in [1.82, 2.24) is 20.1 Å². The Kier molecular flexibility index (Phi) is 4.23. The van der Waals surface area contributed by atoms with Crippen molar-refractivity contribution < 1.29 is 4.79 Å². The molecule has 2 aromatic heterocycles. The van der Waals surface area contributed by atoms with E-state index in [2.05, 4.69) is 15.2 Å². The van der Waals surface area contributed by atoms with Gasteiger partial charge in [-0.3, -0.25) is 14.9 Å². The van der Waals surface area contributed by atoms with Crippen LogP contribution in [-0.4, -0.2) is 33.0 Å². The summed E-state index contributed by atoms with van der Waals surface area (Å²) >= 11 is 0. The Labute approximate surface area is 153 Å². The first-order valence-electron chi connectivity index (χ1n) is 9.21. The lowest BCUT2D eigenvalue weighted by molar-refractivity contribution is 0.0785. The van der Waals surface area contributed by atoms with Gasteiger partial charge < -0.3 is 4.90 Å². The van der Waals surface area contributed by atoms with Crippen LogP contribution in [-0.2, 0) is 19.4 Å². The first-order chi connectivity index (χ1) is 12.5. The molecule has 1 N–H and O–H groups in total. The molecule has 1 aromatic carbocycles. The molecule has 2 heterocycles. The molecule has 5 heteroatoms. The summed E-state index contributed by atoms with van der Waals surface area (Å²) in [6.45, 7) is 4.50. The minimum atomic E-state index is 0.0110. The van der Waals surface area contributed by atoms with Gasteiger partial charge in [0.05, 0.1) is 23.3 Å². The molecule has 1 aliphatic rings. The van der Waals surface area contributed by atoms with E-state index in [0.717, 1.165) is 40.7 Å². The van der Waals surface area contributed by atoms with E-state index in [4.69, 9.17) is 0 Å². The quantitative estimate of drug-likeness (QED) is 0.784. The van der Waals surface area contributed by atoms with Crippen molar-refractivity contribution in [3.05, 3.63) is 58.0 Å². The van der Waals surface area contributed by atoms with Crippen molar-refractivity contribution in [2.75, 3.05) is 7.05 Å². The number of benzene rings is 1. The third-order valence-electron chi connectivity index (χ3n) is 5.20. The summed E-state index contributed by atoms with van der Waals surface area (Å²) in [7, 11) is 1.85. The van der Waals surface area contributed by atoms with Crippen LogP contribution >= 0.6 is 0 Å². The number of nitrogens with one attached hydrogen (secondary N) is 1. The number of H-pyrrole nitrogens is 1. The van der Waals surface area contributed by atoms with Gasteiger partial charge >= 0.3 is 0 Å². The summed E-state index contributed by atoms with van der Waals surface area (Å²) in [5, 5.41) is 8.54. The van der Waals surface area contributed by atoms with E-state index in [9.17, 15) is 4.79 Å². The Bertz CT molecular complexity index is 984. The van der Waals surface area contributed by atoms with Crippen LogP contribution in [0.4, 0.5) is 0 Å². The van der Waals surface area contributed by atoms with Gasteiger partial charge in [-0.15, -0.1) is 0 Å². The zero-order chi connectivity index (χ0) is 18.3. The van der Waals surface area contributed by atoms with E-state index < -0.39 is 0 Å². The average molecular weight is 348 g/mol. The zero-order valence-electron chi connectivity index (χ0n) is 15.6. The first-order valence-corrected chi connectivity index (χ1v) is 9.21. The van der Waals surface area contributed by atoms with Gasteiger partial charge in [0.25, 0.3) is 5.91 Å². The van der Waals surface area contributed by atoms with E-state index >= 15 is 0 Å². The molecule has 0 bridgehead atoms. The molecule has 0 fully saturated rings. The maximum Gasteiger partial charge on any atom is 0.254 e. The SMILES string of the molecule is Cc1ccc2c(C(=O)N(C)Cc3n[nH]c4c3CCCC4)cc(C)nc2c1. The Hall–Kier alpha value is -2.69. The molecule has 0 spiro atoms. The summed E-state index contributed by atoms with van der Waals surface area (Å²) < 4.78 is 0. The Morgan fingerprint density at radius 1 is 1.19 bits per heavy atom. The van der Waals surface area contributed by atoms with Crippen molar-refractivity contribution in [2.24, 2.45) is 0 Å². The number of nitrogens with zero attached hydrogens (tertiary/aromatic N) is 3. The highest BCUT2D eigenvalue weighted by molar-refractivity contribution is 6.06. The van der Waals surface area contributed by atoms with Gasteiger partial charge in [-0.25, -0.2) is 0 Å². The van der Waals surface area contributed by atoms with Crippen molar-refractivity contribution >= 4 is 16.8 Å². The summed E-state index contributed by atoms with van der Waals surface area (Å²) in [4.78, 5) is 19.5. The van der Waals surface area contributed by atoms with Crippen LogP contribution in [0.5, 0.6) is 0 Å². The van der Waals surface area contributed by atoms with Gasteiger partial charge in [-0.05, 0) is 62.8 Å². The second kappa shape index (κ2) is 6.56. The van der Waals surface area contributed by atoms with Gasteiger partial charge in [-0.1, -0.05) is 12.1 Å². The van der Waals surface area contributed by atoms with Crippen LogP contribution in [0.1, 0.15) is 51.4 Å². The molecule has 3 aromatic rings. The summed E-state index contributed by atoms with van der Waals surface area (Å²) in [5.74, 6) is 0.0110. The predicted molar refractivity (Wildman–Crippen MR) is 102 cm³/mol. The fraction of sp³-hybridized carbons (Fsp3) is 0.381. The molecule has 0 atom stereocenters. The summed E-state index contributed by atoms with van der Waals surface area (Å²) in [5.41, 5.74) is 7.14. The van der Waals surface area contributed by atoms with E-state index in [1.165, 1.54) is 24.1 Å².